The predicted molar refractivity (Wildman–Crippen MR) is 61.6 cm³/mol. The highest BCUT2D eigenvalue weighted by molar-refractivity contribution is 6.11. The van der Waals surface area contributed by atoms with Crippen LogP contribution in [0.15, 0.2) is 28.5 Å². The summed E-state index contributed by atoms with van der Waals surface area (Å²) in [7, 11) is 0. The van der Waals surface area contributed by atoms with Crippen LogP contribution in [0.4, 0.5) is 0 Å². The van der Waals surface area contributed by atoms with Gasteiger partial charge in [-0.1, -0.05) is 11.2 Å². The van der Waals surface area contributed by atoms with Crippen LogP contribution >= 0.6 is 0 Å². The van der Waals surface area contributed by atoms with E-state index in [-0.39, 0.29) is 5.75 Å². The number of hydrogen-bond acceptors (Lipinski definition) is 6. The van der Waals surface area contributed by atoms with E-state index in [2.05, 4.69) is 25.2 Å². The van der Waals surface area contributed by atoms with E-state index >= 15 is 0 Å². The zero-order chi connectivity index (χ0) is 11.8. The van der Waals surface area contributed by atoms with Crippen molar-refractivity contribution in [3.8, 4) is 5.75 Å². The number of aromatic amines is 1. The standard InChI is InChI=1S/C10H9N5O2/c11-8-4-6(14-17-15-8)10-12-5-2-1-3-7(16)9(5)13-10/h1-3,16H,4H2,(H2,11,15)(H,12,13). The van der Waals surface area contributed by atoms with Crippen LogP contribution in [0.5, 0.6) is 5.75 Å². The summed E-state index contributed by atoms with van der Waals surface area (Å²) < 4.78 is 0. The van der Waals surface area contributed by atoms with Gasteiger partial charge in [0.15, 0.2) is 5.82 Å². The van der Waals surface area contributed by atoms with E-state index in [4.69, 9.17) is 5.73 Å². The van der Waals surface area contributed by atoms with Crippen molar-refractivity contribution >= 4 is 22.6 Å². The van der Waals surface area contributed by atoms with Crippen molar-refractivity contribution in [2.24, 2.45) is 16.0 Å². The number of amidine groups is 1. The first-order valence-corrected chi connectivity index (χ1v) is 4.97. The van der Waals surface area contributed by atoms with Gasteiger partial charge in [0.2, 0.25) is 0 Å². The summed E-state index contributed by atoms with van der Waals surface area (Å²) in [6.07, 6.45) is 0.362. The summed E-state index contributed by atoms with van der Waals surface area (Å²) in [6, 6.07) is 5.11. The molecule has 2 heterocycles. The zero-order valence-corrected chi connectivity index (χ0v) is 8.71. The van der Waals surface area contributed by atoms with E-state index in [1.807, 2.05) is 6.07 Å². The highest BCUT2D eigenvalue weighted by atomic mass is 16.8. The molecular formula is C10H9N5O2. The number of benzene rings is 1. The second-order valence-corrected chi connectivity index (χ2v) is 3.64. The summed E-state index contributed by atoms with van der Waals surface area (Å²) in [4.78, 5) is 11.9. The molecule has 86 valence electrons. The second kappa shape index (κ2) is 3.48. The molecule has 4 N–H and O–H groups in total. The molecular weight excluding hydrogens is 222 g/mol. The molecule has 17 heavy (non-hydrogen) atoms. The molecule has 0 saturated heterocycles. The van der Waals surface area contributed by atoms with E-state index in [1.54, 1.807) is 12.1 Å². The number of nitrogens with zero attached hydrogens (tertiary/aromatic N) is 3. The Hall–Kier alpha value is -2.57. The fourth-order valence-corrected chi connectivity index (χ4v) is 1.64. The molecule has 7 nitrogen and oxygen atoms in total. The largest absolute Gasteiger partial charge is 0.506 e. The lowest BCUT2D eigenvalue weighted by Crippen LogP contribution is -2.21. The topological polar surface area (TPSA) is 109 Å². The number of imidazole rings is 1. The van der Waals surface area contributed by atoms with E-state index in [0.717, 1.165) is 5.52 Å². The van der Waals surface area contributed by atoms with Crippen LogP contribution in [-0.4, -0.2) is 26.6 Å². The van der Waals surface area contributed by atoms with Gasteiger partial charge in [0.05, 0.1) is 11.9 Å². The van der Waals surface area contributed by atoms with E-state index in [9.17, 15) is 5.11 Å². The number of aromatic nitrogens is 2. The molecule has 0 bridgehead atoms. The number of hydrogen-bond donors (Lipinski definition) is 3. The van der Waals surface area contributed by atoms with Gasteiger partial charge in [-0.2, -0.15) is 0 Å². The Bertz CT molecular complexity index is 643. The molecule has 0 atom stereocenters. The average molecular weight is 231 g/mol. The van der Waals surface area contributed by atoms with Crippen molar-refractivity contribution in [2.45, 2.75) is 6.42 Å². The fraction of sp³-hybridized carbons (Fsp3) is 0.100. The van der Waals surface area contributed by atoms with Gasteiger partial charge in [0.1, 0.15) is 22.8 Å². The second-order valence-electron chi connectivity index (χ2n) is 3.64. The average Bonchev–Trinajstić information content (AvgIpc) is 2.74. The third-order valence-corrected chi connectivity index (χ3v) is 2.42. The summed E-state index contributed by atoms with van der Waals surface area (Å²) in [6.45, 7) is 0. The molecule has 2 aromatic rings. The SMILES string of the molecule is NC1=NON=C(c2nc3c(O)cccc3[nH]2)C1. The lowest BCUT2D eigenvalue weighted by molar-refractivity contribution is 0.150. The Balaban J connectivity index is 2.07. The van der Waals surface area contributed by atoms with Gasteiger partial charge >= 0.3 is 0 Å². The van der Waals surface area contributed by atoms with Crippen LogP contribution < -0.4 is 5.73 Å². The Labute approximate surface area is 95.6 Å². The summed E-state index contributed by atoms with van der Waals surface area (Å²) in [5.74, 6) is 0.961. The van der Waals surface area contributed by atoms with E-state index in [1.165, 1.54) is 0 Å². The molecule has 1 aromatic heterocycles. The van der Waals surface area contributed by atoms with Crippen molar-refractivity contribution in [1.29, 1.82) is 0 Å². The van der Waals surface area contributed by atoms with Gasteiger partial charge in [0.25, 0.3) is 0 Å². The Morgan fingerprint density at radius 1 is 1.35 bits per heavy atom. The van der Waals surface area contributed by atoms with Crippen LogP contribution in [0.1, 0.15) is 12.2 Å². The van der Waals surface area contributed by atoms with Gasteiger partial charge in [-0.15, -0.1) is 0 Å². The third-order valence-electron chi connectivity index (χ3n) is 2.42. The first kappa shape index (κ1) is 9.64. The predicted octanol–water partition coefficient (Wildman–Crippen LogP) is 0.665. The number of oxime groups is 2. The lowest BCUT2D eigenvalue weighted by Gasteiger charge is -2.05. The van der Waals surface area contributed by atoms with Gasteiger partial charge in [-0.25, -0.2) is 9.92 Å². The van der Waals surface area contributed by atoms with Crippen LogP contribution in [0.3, 0.4) is 0 Å². The quantitative estimate of drug-likeness (QED) is 0.669. The molecule has 0 saturated carbocycles. The molecule has 7 heteroatoms. The van der Waals surface area contributed by atoms with Crippen LogP contribution in [0, 0.1) is 0 Å². The molecule has 3 rings (SSSR count). The van der Waals surface area contributed by atoms with Crippen LogP contribution in [0.25, 0.3) is 11.0 Å². The van der Waals surface area contributed by atoms with Crippen molar-refractivity contribution in [1.82, 2.24) is 9.97 Å². The molecule has 0 aliphatic carbocycles. The minimum atomic E-state index is 0.115. The number of aromatic hydroxyl groups is 1. The minimum absolute atomic E-state index is 0.115. The van der Waals surface area contributed by atoms with E-state index < -0.39 is 0 Å². The van der Waals surface area contributed by atoms with Crippen molar-refractivity contribution < 1.29 is 10.0 Å². The van der Waals surface area contributed by atoms with Gasteiger partial charge in [-0.3, -0.25) is 0 Å². The summed E-state index contributed by atoms with van der Waals surface area (Å²) >= 11 is 0. The first-order chi connectivity index (χ1) is 8.24. The zero-order valence-electron chi connectivity index (χ0n) is 8.71. The number of para-hydroxylation sites is 1. The Morgan fingerprint density at radius 3 is 3.00 bits per heavy atom. The van der Waals surface area contributed by atoms with Gasteiger partial charge < -0.3 is 15.8 Å². The number of H-pyrrole nitrogens is 1. The third kappa shape index (κ3) is 1.57. The highest BCUT2D eigenvalue weighted by Gasteiger charge is 2.16. The molecule has 0 unspecified atom stereocenters. The van der Waals surface area contributed by atoms with E-state index in [0.29, 0.717) is 29.3 Å². The summed E-state index contributed by atoms with van der Waals surface area (Å²) in [5.41, 5.74) is 7.31. The molecule has 0 amide bonds. The number of nitrogens with one attached hydrogen (secondary N) is 1. The number of phenols is 1. The monoisotopic (exact) mass is 231 g/mol. The van der Waals surface area contributed by atoms with Crippen molar-refractivity contribution in [3.63, 3.8) is 0 Å². The van der Waals surface area contributed by atoms with Crippen LogP contribution in [0.2, 0.25) is 0 Å². The number of fused-ring (bicyclic) bond motifs is 1. The van der Waals surface area contributed by atoms with Crippen molar-refractivity contribution in [3.05, 3.63) is 24.0 Å². The highest BCUT2D eigenvalue weighted by Crippen LogP contribution is 2.22. The Kier molecular flexibility index (Phi) is 1.97. The molecule has 0 spiro atoms. The Morgan fingerprint density at radius 2 is 2.24 bits per heavy atom. The normalized spacial score (nSPS) is 15.3. The number of rotatable bonds is 1. The maximum Gasteiger partial charge on any atom is 0.157 e. The fourth-order valence-electron chi connectivity index (χ4n) is 1.64. The molecule has 0 fully saturated rings. The van der Waals surface area contributed by atoms with Crippen LogP contribution in [-0.2, 0) is 4.94 Å². The van der Waals surface area contributed by atoms with Crippen molar-refractivity contribution in [2.75, 3.05) is 0 Å². The maximum absolute atomic E-state index is 9.63. The molecule has 0 radical (unpaired) electrons. The molecule has 1 aromatic carbocycles. The smallest absolute Gasteiger partial charge is 0.157 e. The maximum atomic E-state index is 9.63. The number of nitrogens with two attached hydrogens (primary N) is 1. The van der Waals surface area contributed by atoms with Gasteiger partial charge in [-0.05, 0) is 17.3 Å². The summed E-state index contributed by atoms with van der Waals surface area (Å²) in [5, 5.41) is 16.9. The number of phenolic OH excluding ortho intramolecular Hbond substituents is 1. The molecule has 1 aliphatic rings. The minimum Gasteiger partial charge on any atom is -0.506 e. The first-order valence-electron chi connectivity index (χ1n) is 4.97. The molecule has 1 aliphatic heterocycles. The van der Waals surface area contributed by atoms with Gasteiger partial charge in [0, 0.05) is 0 Å². The lowest BCUT2D eigenvalue weighted by atomic mass is 10.2.